The zero-order valence-electron chi connectivity index (χ0n) is 14.2. The SMILES string of the molecule is CC1=CC[C@]2(C)CC[C@]3(CO)[C@@H](C(C)C)CC[C@H]3[C@@H]2C=C1. The smallest absolute Gasteiger partial charge is 0.0493 e. The van der Waals surface area contributed by atoms with Crippen molar-refractivity contribution in [3.05, 3.63) is 23.8 Å². The van der Waals surface area contributed by atoms with Crippen molar-refractivity contribution in [3.63, 3.8) is 0 Å². The Labute approximate surface area is 130 Å². The van der Waals surface area contributed by atoms with Crippen LogP contribution in [0.5, 0.6) is 0 Å². The highest BCUT2D eigenvalue weighted by atomic mass is 16.3. The van der Waals surface area contributed by atoms with E-state index < -0.39 is 0 Å². The molecule has 3 rings (SSSR count). The average molecular weight is 288 g/mol. The molecule has 118 valence electrons. The van der Waals surface area contributed by atoms with Crippen molar-refractivity contribution >= 4 is 0 Å². The van der Waals surface area contributed by atoms with Crippen molar-refractivity contribution in [2.24, 2.45) is 34.5 Å². The normalized spacial score (nSPS) is 46.0. The molecule has 1 N–H and O–H groups in total. The lowest BCUT2D eigenvalue weighted by Crippen LogP contribution is -2.49. The summed E-state index contributed by atoms with van der Waals surface area (Å²) >= 11 is 0. The van der Waals surface area contributed by atoms with Gasteiger partial charge in [-0.1, -0.05) is 44.6 Å². The molecule has 0 spiro atoms. The number of aliphatic hydroxyl groups excluding tert-OH is 1. The first-order valence-corrected chi connectivity index (χ1v) is 8.89. The minimum atomic E-state index is 0.195. The Balaban J connectivity index is 1.98. The van der Waals surface area contributed by atoms with Crippen molar-refractivity contribution in [3.8, 4) is 0 Å². The van der Waals surface area contributed by atoms with Gasteiger partial charge >= 0.3 is 0 Å². The van der Waals surface area contributed by atoms with Crippen molar-refractivity contribution in [2.75, 3.05) is 6.61 Å². The summed E-state index contributed by atoms with van der Waals surface area (Å²) in [5.41, 5.74) is 2.02. The largest absolute Gasteiger partial charge is 0.396 e. The molecule has 0 aromatic rings. The maximum Gasteiger partial charge on any atom is 0.0493 e. The van der Waals surface area contributed by atoms with E-state index in [1.54, 1.807) is 0 Å². The van der Waals surface area contributed by atoms with Crippen LogP contribution in [0.2, 0.25) is 0 Å². The highest BCUT2D eigenvalue weighted by molar-refractivity contribution is 5.24. The Morgan fingerprint density at radius 2 is 2.05 bits per heavy atom. The van der Waals surface area contributed by atoms with E-state index in [4.69, 9.17) is 0 Å². The van der Waals surface area contributed by atoms with Crippen LogP contribution < -0.4 is 0 Å². The Kier molecular flexibility index (Phi) is 3.84. The molecule has 3 aliphatic rings. The summed E-state index contributed by atoms with van der Waals surface area (Å²) < 4.78 is 0. The highest BCUT2D eigenvalue weighted by Crippen LogP contribution is 2.65. The molecule has 0 unspecified atom stereocenters. The Morgan fingerprint density at radius 3 is 2.71 bits per heavy atom. The summed E-state index contributed by atoms with van der Waals surface area (Å²) in [7, 11) is 0. The molecule has 0 aromatic heterocycles. The van der Waals surface area contributed by atoms with E-state index in [2.05, 4.69) is 45.9 Å². The molecule has 2 saturated carbocycles. The molecule has 2 fully saturated rings. The van der Waals surface area contributed by atoms with Gasteiger partial charge in [-0.2, -0.15) is 0 Å². The van der Waals surface area contributed by atoms with Gasteiger partial charge in [-0.05, 0) is 73.5 Å². The van der Waals surface area contributed by atoms with E-state index in [0.717, 1.165) is 0 Å². The van der Waals surface area contributed by atoms with Crippen LogP contribution in [0.4, 0.5) is 0 Å². The minimum Gasteiger partial charge on any atom is -0.396 e. The van der Waals surface area contributed by atoms with Crippen LogP contribution in [0.3, 0.4) is 0 Å². The number of allylic oxidation sites excluding steroid dienone is 4. The van der Waals surface area contributed by atoms with Crippen LogP contribution in [0, 0.1) is 34.5 Å². The number of hydrogen-bond acceptors (Lipinski definition) is 1. The standard InChI is InChI=1S/C20H32O/c1-14(2)16-7-8-18-17-6-5-15(3)9-10-19(17,4)11-12-20(16,18)13-21/h5-6,9,14,16-18,21H,7-8,10-13H2,1-4H3/t16-,17+,18+,19-,20+/m1/s1. The lowest BCUT2D eigenvalue weighted by molar-refractivity contribution is -0.0698. The van der Waals surface area contributed by atoms with Gasteiger partial charge in [-0.15, -0.1) is 0 Å². The van der Waals surface area contributed by atoms with Gasteiger partial charge in [0, 0.05) is 6.61 Å². The molecule has 0 radical (unpaired) electrons. The van der Waals surface area contributed by atoms with Crippen molar-refractivity contribution in [1.82, 2.24) is 0 Å². The lowest BCUT2D eigenvalue weighted by atomic mass is 9.51. The second kappa shape index (κ2) is 5.26. The first-order valence-electron chi connectivity index (χ1n) is 8.89. The molecule has 0 aliphatic heterocycles. The van der Waals surface area contributed by atoms with Gasteiger partial charge in [0.1, 0.15) is 0 Å². The molecule has 3 aliphatic carbocycles. The quantitative estimate of drug-likeness (QED) is 0.760. The molecule has 0 saturated heterocycles. The second-order valence-electron chi connectivity index (χ2n) is 8.62. The maximum absolute atomic E-state index is 10.3. The maximum atomic E-state index is 10.3. The van der Waals surface area contributed by atoms with Crippen LogP contribution in [-0.4, -0.2) is 11.7 Å². The van der Waals surface area contributed by atoms with E-state index in [0.29, 0.717) is 35.7 Å². The molecule has 1 nitrogen and oxygen atoms in total. The van der Waals surface area contributed by atoms with E-state index in [1.165, 1.54) is 37.7 Å². The molecule has 0 heterocycles. The number of rotatable bonds is 2. The zero-order valence-corrected chi connectivity index (χ0v) is 14.2. The average Bonchev–Trinajstić information content (AvgIpc) is 2.77. The summed E-state index contributed by atoms with van der Waals surface area (Å²) in [6.07, 6.45) is 13.6. The summed E-state index contributed by atoms with van der Waals surface area (Å²) in [6.45, 7) is 9.82. The third-order valence-corrected chi connectivity index (χ3v) is 7.22. The van der Waals surface area contributed by atoms with Gasteiger partial charge in [0.25, 0.3) is 0 Å². The van der Waals surface area contributed by atoms with Crippen LogP contribution in [0.25, 0.3) is 0 Å². The van der Waals surface area contributed by atoms with Crippen molar-refractivity contribution in [1.29, 1.82) is 0 Å². The van der Waals surface area contributed by atoms with Gasteiger partial charge < -0.3 is 5.11 Å². The van der Waals surface area contributed by atoms with Gasteiger partial charge in [0.15, 0.2) is 0 Å². The fourth-order valence-electron chi connectivity index (χ4n) is 5.92. The predicted octanol–water partition coefficient (Wildman–Crippen LogP) is 4.97. The van der Waals surface area contributed by atoms with Crippen LogP contribution in [-0.2, 0) is 0 Å². The summed E-state index contributed by atoms with van der Waals surface area (Å²) in [5.74, 6) is 2.74. The lowest BCUT2D eigenvalue weighted by Gasteiger charge is -2.54. The summed E-state index contributed by atoms with van der Waals surface area (Å²) in [4.78, 5) is 0. The topological polar surface area (TPSA) is 20.2 Å². The number of fused-ring (bicyclic) bond motifs is 3. The molecule has 5 atom stereocenters. The highest BCUT2D eigenvalue weighted by Gasteiger charge is 2.58. The molecule has 1 heteroatoms. The fraction of sp³-hybridized carbons (Fsp3) is 0.800. The summed E-state index contributed by atoms with van der Waals surface area (Å²) in [5, 5.41) is 10.3. The first-order chi connectivity index (χ1) is 9.93. The number of aliphatic hydroxyl groups is 1. The Hall–Kier alpha value is -0.560. The zero-order chi connectivity index (χ0) is 15.3. The van der Waals surface area contributed by atoms with E-state index in [9.17, 15) is 5.11 Å². The van der Waals surface area contributed by atoms with Crippen molar-refractivity contribution in [2.45, 2.75) is 59.8 Å². The molecular weight excluding hydrogens is 256 g/mol. The van der Waals surface area contributed by atoms with E-state index in [1.807, 2.05) is 0 Å². The van der Waals surface area contributed by atoms with Crippen LogP contribution in [0.1, 0.15) is 59.8 Å². The number of hydrogen-bond donors (Lipinski definition) is 1. The van der Waals surface area contributed by atoms with Gasteiger partial charge in [-0.25, -0.2) is 0 Å². The van der Waals surface area contributed by atoms with Crippen LogP contribution >= 0.6 is 0 Å². The van der Waals surface area contributed by atoms with Gasteiger partial charge in [-0.3, -0.25) is 0 Å². The van der Waals surface area contributed by atoms with Gasteiger partial charge in [0.05, 0.1) is 0 Å². The first kappa shape index (κ1) is 15.3. The molecular formula is C20H32O. The minimum absolute atomic E-state index is 0.195. The molecule has 0 amide bonds. The molecule has 21 heavy (non-hydrogen) atoms. The third kappa shape index (κ3) is 2.23. The summed E-state index contributed by atoms with van der Waals surface area (Å²) in [6, 6.07) is 0. The molecule has 0 aromatic carbocycles. The molecule has 0 bridgehead atoms. The van der Waals surface area contributed by atoms with Gasteiger partial charge in [0.2, 0.25) is 0 Å². The Morgan fingerprint density at radius 1 is 1.29 bits per heavy atom. The monoisotopic (exact) mass is 288 g/mol. The van der Waals surface area contributed by atoms with Crippen molar-refractivity contribution < 1.29 is 5.11 Å². The van der Waals surface area contributed by atoms with E-state index in [-0.39, 0.29) is 5.41 Å². The fourth-order valence-corrected chi connectivity index (χ4v) is 5.92. The van der Waals surface area contributed by atoms with E-state index >= 15 is 0 Å². The third-order valence-electron chi connectivity index (χ3n) is 7.22. The van der Waals surface area contributed by atoms with Crippen LogP contribution in [0.15, 0.2) is 23.8 Å². The second-order valence-corrected chi connectivity index (χ2v) is 8.62. The Bertz CT molecular complexity index is 460. The predicted molar refractivity (Wildman–Crippen MR) is 88.9 cm³/mol.